The Morgan fingerprint density at radius 3 is 2.06 bits per heavy atom. The van der Waals surface area contributed by atoms with Gasteiger partial charge in [0, 0.05) is 13.1 Å². The van der Waals surface area contributed by atoms with Crippen LogP contribution in [0.2, 0.25) is 0 Å². The number of ketones is 1. The van der Waals surface area contributed by atoms with Crippen molar-refractivity contribution in [3.63, 3.8) is 0 Å². The Balaban J connectivity index is 5.50. The van der Waals surface area contributed by atoms with Crippen LogP contribution in [0.5, 0.6) is 0 Å². The molecule has 17 heavy (non-hydrogen) atoms. The maximum absolute atomic E-state index is 14.1. The van der Waals surface area contributed by atoms with Crippen molar-refractivity contribution in [2.75, 3.05) is 7.05 Å². The van der Waals surface area contributed by atoms with E-state index in [0.717, 1.165) is 11.8 Å². The summed E-state index contributed by atoms with van der Waals surface area (Å²) in [7, 11) is -4.13. The Labute approximate surface area is 99.5 Å². The fraction of sp³-hybridized carbons (Fsp3) is 0.778. The first kappa shape index (κ1) is 16.0. The maximum atomic E-state index is 14.1. The van der Waals surface area contributed by atoms with Gasteiger partial charge in [-0.3, -0.25) is 14.1 Å². The summed E-state index contributed by atoms with van der Waals surface area (Å²) in [5.41, 5.74) is 0. The third-order valence-electron chi connectivity index (χ3n) is 2.30. The summed E-state index contributed by atoms with van der Waals surface area (Å²) in [4.78, 5) is 23.3. The number of carbonyl (C=O) groups excluding carboxylic acids is 2. The molecule has 6 nitrogen and oxygen atoms in total. The monoisotopic (exact) mass is 269 g/mol. The molecule has 0 aliphatic heterocycles. The molecule has 1 unspecified atom stereocenters. The van der Waals surface area contributed by atoms with Crippen molar-refractivity contribution in [2.45, 2.75) is 38.2 Å². The summed E-state index contributed by atoms with van der Waals surface area (Å²) in [5, 5.41) is -3.61. The topological polar surface area (TPSA) is 91.8 Å². The average Bonchev–Trinajstić information content (AvgIpc) is 2.12. The van der Waals surface area contributed by atoms with Crippen LogP contribution < -0.4 is 0 Å². The Bertz CT molecular complexity index is 419. The molecular weight excluding hydrogens is 253 g/mol. The molecule has 0 saturated carbocycles. The van der Waals surface area contributed by atoms with Crippen LogP contribution in [0.4, 0.5) is 4.39 Å². The van der Waals surface area contributed by atoms with E-state index in [4.69, 9.17) is 4.55 Å². The zero-order valence-electron chi connectivity index (χ0n) is 10.1. The van der Waals surface area contributed by atoms with Gasteiger partial charge in [-0.1, -0.05) is 0 Å². The number of hydrogen-bond donors (Lipinski definition) is 1. The second kappa shape index (κ2) is 5.09. The van der Waals surface area contributed by atoms with Crippen LogP contribution >= 0.6 is 0 Å². The van der Waals surface area contributed by atoms with E-state index in [1.807, 2.05) is 0 Å². The van der Waals surface area contributed by atoms with E-state index in [-0.39, 0.29) is 0 Å². The highest BCUT2D eigenvalue weighted by molar-refractivity contribution is 7.88. The molecule has 1 amide bonds. The van der Waals surface area contributed by atoms with Crippen LogP contribution in [0.25, 0.3) is 0 Å². The minimum atomic E-state index is -5.32. The number of carbonyl (C=O) groups is 2. The van der Waals surface area contributed by atoms with Crippen molar-refractivity contribution >= 4 is 21.8 Å². The van der Waals surface area contributed by atoms with E-state index in [2.05, 4.69) is 0 Å². The average molecular weight is 269 g/mol. The predicted octanol–water partition coefficient (Wildman–Crippen LogP) is 0.386. The van der Waals surface area contributed by atoms with Gasteiger partial charge in [-0.2, -0.15) is 8.42 Å². The highest BCUT2D eigenvalue weighted by Crippen LogP contribution is 2.26. The third-order valence-corrected chi connectivity index (χ3v) is 3.44. The van der Waals surface area contributed by atoms with Gasteiger partial charge in [-0.05, 0) is 20.8 Å². The first-order chi connectivity index (χ1) is 7.43. The van der Waals surface area contributed by atoms with Crippen LogP contribution in [0.15, 0.2) is 0 Å². The molecule has 0 bridgehead atoms. The number of halogens is 1. The molecule has 0 fully saturated rings. The molecule has 0 aromatic carbocycles. The number of hydrogen-bond acceptors (Lipinski definition) is 4. The van der Waals surface area contributed by atoms with Crippen molar-refractivity contribution in [2.24, 2.45) is 0 Å². The Hall–Kier alpha value is -1.02. The number of Topliss-reactive ketones (excluding diaryl/α,β-unsaturated/α-hetero) is 1. The lowest BCUT2D eigenvalue weighted by atomic mass is 10.1. The Morgan fingerprint density at radius 2 is 1.82 bits per heavy atom. The van der Waals surface area contributed by atoms with Gasteiger partial charge in [0.2, 0.25) is 0 Å². The molecule has 1 N–H and O–H groups in total. The fourth-order valence-electron chi connectivity index (χ4n) is 1.10. The van der Waals surface area contributed by atoms with E-state index in [1.54, 1.807) is 0 Å². The summed E-state index contributed by atoms with van der Waals surface area (Å²) < 4.78 is 44.8. The first-order valence-corrected chi connectivity index (χ1v) is 6.30. The van der Waals surface area contributed by atoms with Gasteiger partial charge in [0.25, 0.3) is 5.91 Å². The molecule has 0 saturated heterocycles. The van der Waals surface area contributed by atoms with E-state index >= 15 is 0 Å². The summed E-state index contributed by atoms with van der Waals surface area (Å²) >= 11 is 0. The zero-order valence-corrected chi connectivity index (χ0v) is 10.9. The Morgan fingerprint density at radius 1 is 1.41 bits per heavy atom. The number of amides is 1. The molecule has 8 heteroatoms. The van der Waals surface area contributed by atoms with Crippen LogP contribution in [0.1, 0.15) is 27.2 Å². The molecule has 0 radical (unpaired) electrons. The number of rotatable bonds is 5. The SMILES string of the molecule is CC(=O)CC(F)(C(=O)N(C)C(C)C)S(=O)(=O)O. The highest BCUT2D eigenvalue weighted by atomic mass is 32.2. The summed E-state index contributed by atoms with van der Waals surface area (Å²) in [6, 6.07) is -0.466. The van der Waals surface area contributed by atoms with Crippen molar-refractivity contribution in [1.82, 2.24) is 4.90 Å². The van der Waals surface area contributed by atoms with Crippen LogP contribution in [-0.4, -0.2) is 47.7 Å². The molecule has 0 rings (SSSR count). The minimum absolute atomic E-state index is 0.466. The molecule has 0 aliphatic rings. The molecular formula is C9H16FNO5S. The molecule has 100 valence electrons. The van der Waals surface area contributed by atoms with Crippen molar-refractivity contribution < 1.29 is 27.0 Å². The van der Waals surface area contributed by atoms with E-state index in [1.165, 1.54) is 20.9 Å². The van der Waals surface area contributed by atoms with Gasteiger partial charge < -0.3 is 4.90 Å². The molecule has 0 aromatic heterocycles. The van der Waals surface area contributed by atoms with Crippen molar-refractivity contribution in [3.8, 4) is 0 Å². The van der Waals surface area contributed by atoms with Crippen LogP contribution in [0, 0.1) is 0 Å². The third kappa shape index (κ3) is 3.47. The van der Waals surface area contributed by atoms with Gasteiger partial charge in [-0.15, -0.1) is 0 Å². The van der Waals surface area contributed by atoms with E-state index in [0.29, 0.717) is 0 Å². The van der Waals surface area contributed by atoms with E-state index < -0.39 is 39.3 Å². The summed E-state index contributed by atoms with van der Waals surface area (Å²) in [5.74, 6) is -2.30. The lowest BCUT2D eigenvalue weighted by molar-refractivity contribution is -0.141. The minimum Gasteiger partial charge on any atom is -0.340 e. The molecule has 0 aromatic rings. The number of alkyl halides is 1. The largest absolute Gasteiger partial charge is 0.340 e. The van der Waals surface area contributed by atoms with Gasteiger partial charge >= 0.3 is 15.1 Å². The first-order valence-electron chi connectivity index (χ1n) is 4.86. The van der Waals surface area contributed by atoms with Crippen molar-refractivity contribution in [3.05, 3.63) is 0 Å². The molecule has 0 spiro atoms. The highest BCUT2D eigenvalue weighted by Gasteiger charge is 2.53. The number of nitrogens with zero attached hydrogens (tertiary/aromatic N) is 1. The maximum Gasteiger partial charge on any atom is 0.318 e. The summed E-state index contributed by atoms with van der Waals surface area (Å²) in [6.45, 7) is 4.01. The molecule has 1 atom stereocenters. The standard InChI is InChI=1S/C9H16FNO5S/c1-6(2)11(4)8(13)9(10,5-7(3)12)17(14,15)16/h6H,5H2,1-4H3,(H,14,15,16). The smallest absolute Gasteiger partial charge is 0.318 e. The Kier molecular flexibility index (Phi) is 4.79. The second-order valence-electron chi connectivity index (χ2n) is 4.09. The van der Waals surface area contributed by atoms with Gasteiger partial charge in [0.15, 0.2) is 0 Å². The predicted molar refractivity (Wildman–Crippen MR) is 58.6 cm³/mol. The zero-order chi connectivity index (χ0) is 14.0. The van der Waals surface area contributed by atoms with E-state index in [9.17, 15) is 22.4 Å². The van der Waals surface area contributed by atoms with Crippen LogP contribution in [-0.2, 0) is 19.7 Å². The van der Waals surface area contributed by atoms with Gasteiger partial charge in [-0.25, -0.2) is 4.39 Å². The quantitative estimate of drug-likeness (QED) is 0.729. The van der Waals surface area contributed by atoms with Crippen LogP contribution in [0.3, 0.4) is 0 Å². The second-order valence-corrected chi connectivity index (χ2v) is 5.69. The van der Waals surface area contributed by atoms with Gasteiger partial charge in [0.05, 0.1) is 6.42 Å². The lowest BCUT2D eigenvalue weighted by Crippen LogP contribution is -2.52. The lowest BCUT2D eigenvalue weighted by Gasteiger charge is -2.28. The summed E-state index contributed by atoms with van der Waals surface area (Å²) in [6.07, 6.45) is -1.21. The molecule has 0 heterocycles. The molecule has 0 aliphatic carbocycles. The normalized spacial score (nSPS) is 15.5. The van der Waals surface area contributed by atoms with Gasteiger partial charge in [0.1, 0.15) is 5.78 Å². The fourth-order valence-corrected chi connectivity index (χ4v) is 1.85. The van der Waals surface area contributed by atoms with Crippen molar-refractivity contribution in [1.29, 1.82) is 0 Å².